The van der Waals surface area contributed by atoms with Gasteiger partial charge in [-0.1, -0.05) is 29.0 Å². The van der Waals surface area contributed by atoms with Crippen molar-refractivity contribution >= 4 is 34.7 Å². The molecule has 1 aromatic heterocycles. The van der Waals surface area contributed by atoms with Gasteiger partial charge in [0.25, 0.3) is 11.8 Å². The summed E-state index contributed by atoms with van der Waals surface area (Å²) in [6.45, 7) is 8.20. The maximum Gasteiger partial charge on any atom is 0.286 e. The Bertz CT molecular complexity index is 1030. The number of nitrogens with one attached hydrogen (secondary N) is 2. The number of piperidine rings is 1. The molecule has 10 heteroatoms. The van der Waals surface area contributed by atoms with E-state index in [0.717, 1.165) is 36.4 Å². The first-order valence-corrected chi connectivity index (χ1v) is 13.2. The molecule has 0 saturated carbocycles. The number of rotatable bonds is 8. The predicted octanol–water partition coefficient (Wildman–Crippen LogP) is 2.94. The molecule has 1 atom stereocenters. The summed E-state index contributed by atoms with van der Waals surface area (Å²) in [4.78, 5) is 42.1. The topological polar surface area (TPSA) is 108 Å². The van der Waals surface area contributed by atoms with Crippen molar-refractivity contribution in [1.29, 1.82) is 0 Å². The SMILES string of the molecule is Cc1ccc(NC(=O)c2nnc(C(=O)N3CCC(C(=O)NCCC(C)N4CCCC4)CC3)s2)cc1. The summed E-state index contributed by atoms with van der Waals surface area (Å²) in [6.07, 6.45) is 4.75. The average Bonchev–Trinajstić information content (AvgIpc) is 3.58. The van der Waals surface area contributed by atoms with E-state index in [4.69, 9.17) is 0 Å². The lowest BCUT2D eigenvalue weighted by Crippen LogP contribution is -2.43. The van der Waals surface area contributed by atoms with E-state index in [9.17, 15) is 14.4 Å². The summed E-state index contributed by atoms with van der Waals surface area (Å²) in [5.74, 6) is -0.627. The van der Waals surface area contributed by atoms with Crippen molar-refractivity contribution in [3.63, 3.8) is 0 Å². The van der Waals surface area contributed by atoms with Gasteiger partial charge in [0.1, 0.15) is 0 Å². The van der Waals surface area contributed by atoms with Gasteiger partial charge in [-0.15, -0.1) is 10.2 Å². The van der Waals surface area contributed by atoms with Gasteiger partial charge in [0.2, 0.25) is 15.9 Å². The van der Waals surface area contributed by atoms with Gasteiger partial charge in [-0.25, -0.2) is 0 Å². The van der Waals surface area contributed by atoms with Crippen LogP contribution in [0.3, 0.4) is 0 Å². The third kappa shape index (κ3) is 6.64. The molecule has 2 aliphatic rings. The second kappa shape index (κ2) is 11.7. The Morgan fingerprint density at radius 1 is 1.03 bits per heavy atom. The highest BCUT2D eigenvalue weighted by atomic mass is 32.1. The number of carbonyl (C=O) groups excluding carboxylic acids is 3. The largest absolute Gasteiger partial charge is 0.356 e. The molecule has 2 saturated heterocycles. The number of carbonyl (C=O) groups is 3. The summed E-state index contributed by atoms with van der Waals surface area (Å²) in [5, 5.41) is 14.0. The molecule has 4 rings (SSSR count). The minimum atomic E-state index is -0.389. The van der Waals surface area contributed by atoms with Crippen LogP contribution in [0.2, 0.25) is 0 Å². The van der Waals surface area contributed by atoms with Gasteiger partial charge >= 0.3 is 0 Å². The Morgan fingerprint density at radius 3 is 2.37 bits per heavy atom. The number of aryl methyl sites for hydroxylation is 1. The van der Waals surface area contributed by atoms with Crippen LogP contribution in [-0.2, 0) is 4.79 Å². The minimum absolute atomic E-state index is 0.0774. The van der Waals surface area contributed by atoms with E-state index in [1.54, 1.807) is 4.90 Å². The maximum absolute atomic E-state index is 12.9. The fourth-order valence-corrected chi connectivity index (χ4v) is 5.32. The monoisotopic (exact) mass is 498 g/mol. The number of amides is 3. The van der Waals surface area contributed by atoms with E-state index >= 15 is 0 Å². The molecular weight excluding hydrogens is 464 g/mol. The molecule has 3 heterocycles. The molecule has 0 aliphatic carbocycles. The van der Waals surface area contributed by atoms with E-state index in [2.05, 4.69) is 32.7 Å². The quantitative estimate of drug-likeness (QED) is 0.580. The van der Waals surface area contributed by atoms with Gasteiger partial charge in [-0.3, -0.25) is 14.4 Å². The third-order valence-electron chi connectivity index (χ3n) is 6.89. The average molecular weight is 499 g/mol. The van der Waals surface area contributed by atoms with Gasteiger partial charge in [-0.2, -0.15) is 0 Å². The Hall–Kier alpha value is -2.85. The first kappa shape index (κ1) is 25.2. The fourth-order valence-electron chi connectivity index (χ4n) is 4.62. The van der Waals surface area contributed by atoms with Crippen LogP contribution in [0.25, 0.3) is 0 Å². The molecule has 0 radical (unpaired) electrons. The summed E-state index contributed by atoms with van der Waals surface area (Å²) in [5.41, 5.74) is 1.76. The number of nitrogens with zero attached hydrogens (tertiary/aromatic N) is 4. The molecule has 0 bridgehead atoms. The van der Waals surface area contributed by atoms with Crippen molar-refractivity contribution in [1.82, 2.24) is 25.3 Å². The van der Waals surface area contributed by atoms with Gasteiger partial charge in [0, 0.05) is 37.3 Å². The molecule has 2 N–H and O–H groups in total. The van der Waals surface area contributed by atoms with Crippen molar-refractivity contribution in [2.45, 2.75) is 52.0 Å². The second-order valence-corrected chi connectivity index (χ2v) is 10.4. The zero-order valence-corrected chi connectivity index (χ0v) is 21.3. The molecule has 1 aromatic carbocycles. The molecule has 3 amide bonds. The molecular formula is C25H34N6O3S. The Balaban J connectivity index is 1.21. The highest BCUT2D eigenvalue weighted by molar-refractivity contribution is 7.15. The molecule has 35 heavy (non-hydrogen) atoms. The highest BCUT2D eigenvalue weighted by Gasteiger charge is 2.30. The van der Waals surface area contributed by atoms with E-state index in [-0.39, 0.29) is 33.7 Å². The molecule has 1 unspecified atom stereocenters. The molecule has 0 spiro atoms. The summed E-state index contributed by atoms with van der Waals surface area (Å²) < 4.78 is 0. The third-order valence-corrected chi connectivity index (χ3v) is 7.80. The van der Waals surface area contributed by atoms with Crippen LogP contribution in [-0.4, -0.2) is 76.5 Å². The predicted molar refractivity (Wildman–Crippen MR) is 136 cm³/mol. The van der Waals surface area contributed by atoms with Gasteiger partial charge in [0.15, 0.2) is 0 Å². The van der Waals surface area contributed by atoms with Crippen LogP contribution < -0.4 is 10.6 Å². The number of benzene rings is 1. The summed E-state index contributed by atoms with van der Waals surface area (Å²) in [6, 6.07) is 7.93. The van der Waals surface area contributed by atoms with E-state index < -0.39 is 0 Å². The van der Waals surface area contributed by atoms with Crippen molar-refractivity contribution in [2.24, 2.45) is 5.92 Å². The Morgan fingerprint density at radius 2 is 1.69 bits per heavy atom. The molecule has 2 aromatic rings. The van der Waals surface area contributed by atoms with Crippen LogP contribution in [0.15, 0.2) is 24.3 Å². The molecule has 188 valence electrons. The summed E-state index contributed by atoms with van der Waals surface area (Å²) in [7, 11) is 0. The number of hydrogen-bond acceptors (Lipinski definition) is 7. The van der Waals surface area contributed by atoms with Crippen LogP contribution in [0.5, 0.6) is 0 Å². The maximum atomic E-state index is 12.9. The first-order valence-electron chi connectivity index (χ1n) is 12.4. The van der Waals surface area contributed by atoms with Gasteiger partial charge in [-0.05, 0) is 71.2 Å². The second-order valence-electron chi connectivity index (χ2n) is 9.47. The van der Waals surface area contributed by atoms with Crippen LogP contribution >= 0.6 is 11.3 Å². The van der Waals surface area contributed by atoms with Gasteiger partial charge in [0.05, 0.1) is 0 Å². The van der Waals surface area contributed by atoms with Crippen molar-refractivity contribution < 1.29 is 14.4 Å². The van der Waals surface area contributed by atoms with E-state index in [0.29, 0.717) is 44.2 Å². The zero-order valence-electron chi connectivity index (χ0n) is 20.5. The fraction of sp³-hybridized carbons (Fsp3) is 0.560. The van der Waals surface area contributed by atoms with Crippen molar-refractivity contribution in [3.8, 4) is 0 Å². The van der Waals surface area contributed by atoms with E-state index in [1.165, 1.54) is 12.8 Å². The standard InChI is InChI=1S/C25H34N6O3S/c1-17-5-7-20(8-6-17)27-22(33)23-28-29-24(35-23)25(34)31-15-10-19(11-16-31)21(32)26-12-9-18(2)30-13-3-4-14-30/h5-8,18-19H,3-4,9-16H2,1-2H3,(H,26,32)(H,27,33). The number of anilines is 1. The van der Waals surface area contributed by atoms with Crippen molar-refractivity contribution in [2.75, 3.05) is 38.0 Å². The molecule has 2 fully saturated rings. The normalized spacial score (nSPS) is 17.8. The van der Waals surface area contributed by atoms with Gasteiger partial charge < -0.3 is 20.4 Å². The van der Waals surface area contributed by atoms with Crippen LogP contribution in [0, 0.1) is 12.8 Å². The highest BCUT2D eigenvalue weighted by Crippen LogP contribution is 2.21. The zero-order chi connectivity index (χ0) is 24.8. The smallest absolute Gasteiger partial charge is 0.286 e. The first-order chi connectivity index (χ1) is 16.9. The summed E-state index contributed by atoms with van der Waals surface area (Å²) >= 11 is 0.988. The molecule has 2 aliphatic heterocycles. The van der Waals surface area contributed by atoms with E-state index in [1.807, 2.05) is 31.2 Å². The van der Waals surface area contributed by atoms with Crippen molar-refractivity contribution in [3.05, 3.63) is 39.8 Å². The lowest BCUT2D eigenvalue weighted by atomic mass is 9.96. The lowest BCUT2D eigenvalue weighted by Gasteiger charge is -2.31. The number of hydrogen-bond donors (Lipinski definition) is 2. The Kier molecular flexibility index (Phi) is 8.46. The Labute approximate surface area is 210 Å². The molecule has 9 nitrogen and oxygen atoms in total. The van der Waals surface area contributed by atoms with Crippen LogP contribution in [0.4, 0.5) is 5.69 Å². The minimum Gasteiger partial charge on any atom is -0.356 e. The lowest BCUT2D eigenvalue weighted by molar-refractivity contribution is -0.126. The van der Waals surface area contributed by atoms with Crippen LogP contribution in [0.1, 0.15) is 64.2 Å². The number of aromatic nitrogens is 2. The number of likely N-dealkylation sites (tertiary alicyclic amines) is 2.